The Morgan fingerprint density at radius 1 is 1.00 bits per heavy atom. The van der Waals surface area contributed by atoms with Crippen molar-refractivity contribution in [1.82, 2.24) is 9.97 Å². The molecule has 0 saturated carbocycles. The highest BCUT2D eigenvalue weighted by molar-refractivity contribution is 7.19. The number of aromatic nitrogens is 2. The third-order valence-corrected chi connectivity index (χ3v) is 6.42. The topological polar surface area (TPSA) is 74.8 Å². The van der Waals surface area contributed by atoms with Crippen LogP contribution in [0.15, 0.2) is 77.9 Å². The Kier molecular flexibility index (Phi) is 4.77. The molecule has 1 aliphatic carbocycles. The Balaban J connectivity index is 1.49. The SMILES string of the molecule is O=C(Nc1ncc(-c2cc[nH]c(=O)c2)s1)C1c2ccccc2CCc2ccccc21. The van der Waals surface area contributed by atoms with Crippen LogP contribution in [-0.2, 0) is 17.6 Å². The third kappa shape index (κ3) is 3.46. The number of hydrogen-bond donors (Lipinski definition) is 2. The fourth-order valence-electron chi connectivity index (χ4n) is 4.05. The van der Waals surface area contributed by atoms with Gasteiger partial charge >= 0.3 is 0 Å². The summed E-state index contributed by atoms with van der Waals surface area (Å²) in [6.45, 7) is 0. The zero-order chi connectivity index (χ0) is 20.5. The van der Waals surface area contributed by atoms with E-state index in [0.29, 0.717) is 5.13 Å². The van der Waals surface area contributed by atoms with Gasteiger partial charge in [0.25, 0.3) is 0 Å². The molecule has 5 rings (SSSR count). The summed E-state index contributed by atoms with van der Waals surface area (Å²) in [5, 5.41) is 3.53. The number of hydrogen-bond acceptors (Lipinski definition) is 4. The van der Waals surface area contributed by atoms with Crippen molar-refractivity contribution in [3.63, 3.8) is 0 Å². The molecule has 5 nitrogen and oxygen atoms in total. The number of aryl methyl sites for hydroxylation is 2. The molecule has 0 fully saturated rings. The molecule has 4 aromatic rings. The van der Waals surface area contributed by atoms with Crippen LogP contribution >= 0.6 is 11.3 Å². The van der Waals surface area contributed by atoms with Crippen LogP contribution in [0.3, 0.4) is 0 Å². The number of rotatable bonds is 3. The maximum atomic E-state index is 13.4. The van der Waals surface area contributed by atoms with Gasteiger partial charge in [0.05, 0.1) is 10.8 Å². The van der Waals surface area contributed by atoms with E-state index in [9.17, 15) is 9.59 Å². The lowest BCUT2D eigenvalue weighted by Crippen LogP contribution is -2.23. The van der Waals surface area contributed by atoms with E-state index in [-0.39, 0.29) is 17.4 Å². The van der Waals surface area contributed by atoms with E-state index in [4.69, 9.17) is 0 Å². The Bertz CT molecular complexity index is 1240. The van der Waals surface area contributed by atoms with Gasteiger partial charge in [-0.05, 0) is 41.2 Å². The summed E-state index contributed by atoms with van der Waals surface area (Å²) in [6.07, 6.45) is 5.13. The lowest BCUT2D eigenvalue weighted by Gasteiger charge is -2.19. The number of aromatic amines is 1. The quantitative estimate of drug-likeness (QED) is 0.524. The molecule has 2 heterocycles. The molecule has 1 aliphatic rings. The van der Waals surface area contributed by atoms with Crippen molar-refractivity contribution in [3.05, 3.63) is 106 Å². The molecule has 1 amide bonds. The predicted molar refractivity (Wildman–Crippen MR) is 119 cm³/mol. The maximum absolute atomic E-state index is 13.4. The number of nitrogens with zero attached hydrogens (tertiary/aromatic N) is 1. The molecule has 6 heteroatoms. The number of H-pyrrole nitrogens is 1. The minimum absolute atomic E-state index is 0.0939. The number of fused-ring (bicyclic) bond motifs is 2. The molecule has 0 spiro atoms. The van der Waals surface area contributed by atoms with Gasteiger partial charge in [0.1, 0.15) is 0 Å². The molecule has 0 unspecified atom stereocenters. The molecule has 0 atom stereocenters. The molecule has 30 heavy (non-hydrogen) atoms. The van der Waals surface area contributed by atoms with Crippen LogP contribution in [0.4, 0.5) is 5.13 Å². The smallest absolute Gasteiger partial charge is 0.248 e. The molecule has 2 aromatic carbocycles. The zero-order valence-electron chi connectivity index (χ0n) is 16.1. The molecule has 0 bridgehead atoms. The van der Waals surface area contributed by atoms with Crippen LogP contribution in [0, 0.1) is 0 Å². The zero-order valence-corrected chi connectivity index (χ0v) is 16.9. The van der Waals surface area contributed by atoms with Crippen molar-refractivity contribution in [3.8, 4) is 10.4 Å². The van der Waals surface area contributed by atoms with Crippen molar-refractivity contribution in [2.75, 3.05) is 5.32 Å². The van der Waals surface area contributed by atoms with Gasteiger partial charge in [0.15, 0.2) is 5.13 Å². The number of benzene rings is 2. The highest BCUT2D eigenvalue weighted by Gasteiger charge is 2.29. The van der Waals surface area contributed by atoms with Gasteiger partial charge in [-0.25, -0.2) is 4.98 Å². The van der Waals surface area contributed by atoms with Crippen LogP contribution in [0.5, 0.6) is 0 Å². The lowest BCUT2D eigenvalue weighted by molar-refractivity contribution is -0.116. The van der Waals surface area contributed by atoms with E-state index in [1.165, 1.54) is 28.5 Å². The number of thiazole rings is 1. The van der Waals surface area contributed by atoms with E-state index < -0.39 is 0 Å². The van der Waals surface area contributed by atoms with Crippen molar-refractivity contribution < 1.29 is 4.79 Å². The monoisotopic (exact) mass is 413 g/mol. The standard InChI is InChI=1S/C24H19N3O2S/c28-21-13-17(11-12-25-21)20-14-26-24(30-20)27-23(29)22-18-7-3-1-5-15(18)9-10-16-6-2-4-8-19(16)22/h1-8,11-14,22H,9-10H2,(H,25,28)(H,26,27,29). The number of carbonyl (C=O) groups excluding carboxylic acids is 1. The highest BCUT2D eigenvalue weighted by Crippen LogP contribution is 2.36. The fourth-order valence-corrected chi connectivity index (χ4v) is 4.86. The van der Waals surface area contributed by atoms with Gasteiger partial charge in [0.2, 0.25) is 11.5 Å². The van der Waals surface area contributed by atoms with Gasteiger partial charge in [-0.1, -0.05) is 59.9 Å². The van der Waals surface area contributed by atoms with Gasteiger partial charge in [-0.15, -0.1) is 0 Å². The van der Waals surface area contributed by atoms with Crippen LogP contribution in [0.25, 0.3) is 10.4 Å². The average molecular weight is 414 g/mol. The van der Waals surface area contributed by atoms with Crippen molar-refractivity contribution in [1.29, 1.82) is 0 Å². The summed E-state index contributed by atoms with van der Waals surface area (Å²) in [5.41, 5.74) is 5.12. The fraction of sp³-hybridized carbons (Fsp3) is 0.125. The van der Waals surface area contributed by atoms with E-state index in [0.717, 1.165) is 34.4 Å². The summed E-state index contributed by atoms with van der Waals surface area (Å²) in [7, 11) is 0. The second-order valence-electron chi connectivity index (χ2n) is 7.29. The van der Waals surface area contributed by atoms with E-state index in [2.05, 4.69) is 27.4 Å². The Labute approximate surface area is 177 Å². The Morgan fingerprint density at radius 3 is 2.33 bits per heavy atom. The molecule has 0 saturated heterocycles. The lowest BCUT2D eigenvalue weighted by atomic mass is 9.87. The normalized spacial score (nSPS) is 13.2. The molecule has 148 valence electrons. The minimum atomic E-state index is -0.383. The minimum Gasteiger partial charge on any atom is -0.329 e. The van der Waals surface area contributed by atoms with E-state index in [1.54, 1.807) is 12.4 Å². The van der Waals surface area contributed by atoms with Crippen LogP contribution < -0.4 is 10.9 Å². The van der Waals surface area contributed by atoms with Crippen LogP contribution in [-0.4, -0.2) is 15.9 Å². The van der Waals surface area contributed by atoms with E-state index in [1.807, 2.05) is 42.5 Å². The molecule has 0 aliphatic heterocycles. The van der Waals surface area contributed by atoms with Crippen LogP contribution in [0.1, 0.15) is 28.2 Å². The van der Waals surface area contributed by atoms with Crippen molar-refractivity contribution >= 4 is 22.4 Å². The summed E-state index contributed by atoms with van der Waals surface area (Å²) in [5.74, 6) is -0.476. The van der Waals surface area contributed by atoms with Crippen molar-refractivity contribution in [2.24, 2.45) is 0 Å². The van der Waals surface area contributed by atoms with Crippen LogP contribution in [0.2, 0.25) is 0 Å². The largest absolute Gasteiger partial charge is 0.329 e. The molecule has 0 radical (unpaired) electrons. The number of anilines is 1. The van der Waals surface area contributed by atoms with Gasteiger partial charge in [0, 0.05) is 24.0 Å². The summed E-state index contributed by atoms with van der Waals surface area (Å²) in [4.78, 5) is 32.8. The summed E-state index contributed by atoms with van der Waals surface area (Å²) >= 11 is 1.36. The maximum Gasteiger partial charge on any atom is 0.248 e. The van der Waals surface area contributed by atoms with Gasteiger partial charge in [-0.2, -0.15) is 0 Å². The van der Waals surface area contributed by atoms with E-state index >= 15 is 0 Å². The first-order valence-corrected chi connectivity index (χ1v) is 10.6. The summed E-state index contributed by atoms with van der Waals surface area (Å²) < 4.78 is 0. The van der Waals surface area contributed by atoms with Crippen molar-refractivity contribution in [2.45, 2.75) is 18.8 Å². The number of amides is 1. The average Bonchev–Trinajstić information content (AvgIpc) is 3.15. The highest BCUT2D eigenvalue weighted by atomic mass is 32.1. The first-order chi connectivity index (χ1) is 14.7. The second-order valence-corrected chi connectivity index (χ2v) is 8.32. The molecular formula is C24H19N3O2S. The number of carbonyl (C=O) groups is 1. The first kappa shape index (κ1) is 18.5. The Hall–Kier alpha value is -3.51. The number of pyridine rings is 1. The van der Waals surface area contributed by atoms with Gasteiger partial charge in [-0.3, -0.25) is 9.59 Å². The molecular weight excluding hydrogens is 394 g/mol. The Morgan fingerprint density at radius 2 is 1.67 bits per heavy atom. The summed E-state index contributed by atoms with van der Waals surface area (Å²) in [6, 6.07) is 19.7. The number of nitrogens with one attached hydrogen (secondary N) is 2. The predicted octanol–water partition coefficient (Wildman–Crippen LogP) is 4.37. The first-order valence-electron chi connectivity index (χ1n) is 9.80. The van der Waals surface area contributed by atoms with Gasteiger partial charge < -0.3 is 10.3 Å². The molecule has 2 N–H and O–H groups in total. The second kappa shape index (κ2) is 7.72. The third-order valence-electron chi connectivity index (χ3n) is 5.45. The molecule has 2 aromatic heterocycles.